The van der Waals surface area contributed by atoms with Crippen LogP contribution in [0.2, 0.25) is 0 Å². The van der Waals surface area contributed by atoms with Gasteiger partial charge in [-0.1, -0.05) is 20.8 Å². The molecule has 0 bridgehead atoms. The Hall–Kier alpha value is -1.98. The van der Waals surface area contributed by atoms with Gasteiger partial charge in [0.1, 0.15) is 5.60 Å². The Morgan fingerprint density at radius 1 is 1.16 bits per heavy atom. The molecule has 0 aliphatic carbocycles. The second-order valence-corrected chi connectivity index (χ2v) is 8.08. The molecule has 0 saturated carbocycles. The van der Waals surface area contributed by atoms with E-state index in [1.807, 2.05) is 33.8 Å². The van der Waals surface area contributed by atoms with E-state index >= 15 is 0 Å². The summed E-state index contributed by atoms with van der Waals surface area (Å²) in [6.07, 6.45) is -0.444. The van der Waals surface area contributed by atoms with Crippen molar-refractivity contribution in [2.45, 2.75) is 73.0 Å². The summed E-state index contributed by atoms with van der Waals surface area (Å²) in [5.41, 5.74) is 1.78. The maximum atomic E-state index is 12.2. The Morgan fingerprint density at radius 2 is 1.76 bits per heavy atom. The number of rotatable bonds is 5. The highest BCUT2D eigenvalue weighted by Crippen LogP contribution is 2.28. The number of amides is 1. The second-order valence-electron chi connectivity index (χ2n) is 8.08. The Balaban J connectivity index is 2.94. The van der Waals surface area contributed by atoms with E-state index in [0.717, 1.165) is 11.4 Å². The van der Waals surface area contributed by atoms with E-state index in [1.54, 1.807) is 6.92 Å². The molecule has 0 radical (unpaired) electrons. The number of carbonyl (C=O) groups is 2. The molecule has 1 aromatic rings. The molecule has 1 amide bonds. The fraction of sp³-hybridized carbons (Fsp3) is 0.684. The van der Waals surface area contributed by atoms with Crippen LogP contribution in [0.25, 0.3) is 0 Å². The summed E-state index contributed by atoms with van der Waals surface area (Å²) in [6.45, 7) is 16.7. The van der Waals surface area contributed by atoms with E-state index < -0.39 is 11.7 Å². The number of hydrogen-bond acceptors (Lipinski definition) is 4. The first-order chi connectivity index (χ1) is 11.4. The van der Waals surface area contributed by atoms with Crippen LogP contribution in [-0.4, -0.2) is 35.4 Å². The minimum absolute atomic E-state index is 0.137. The highest BCUT2D eigenvalue weighted by atomic mass is 16.6. The summed E-state index contributed by atoms with van der Waals surface area (Å²) in [5, 5.41) is 2.76. The average molecular weight is 352 g/mol. The third kappa shape index (κ3) is 6.11. The Bertz CT molecular complexity index is 619. The number of carbonyl (C=O) groups excluding carboxylic acids is 2. The summed E-state index contributed by atoms with van der Waals surface area (Å²) >= 11 is 0. The van der Waals surface area contributed by atoms with Crippen molar-refractivity contribution in [2.24, 2.45) is 0 Å². The number of alkyl carbamates (subject to hydrolysis) is 1. The van der Waals surface area contributed by atoms with E-state index in [9.17, 15) is 9.59 Å². The first kappa shape index (κ1) is 21.1. The van der Waals surface area contributed by atoms with E-state index in [4.69, 9.17) is 9.47 Å². The summed E-state index contributed by atoms with van der Waals surface area (Å²) in [4.78, 5) is 24.0. The van der Waals surface area contributed by atoms with Gasteiger partial charge in [0, 0.05) is 29.9 Å². The molecular formula is C19H32N2O4. The molecule has 0 unspecified atom stereocenters. The van der Waals surface area contributed by atoms with Gasteiger partial charge in [-0.25, -0.2) is 9.59 Å². The lowest BCUT2D eigenvalue weighted by Gasteiger charge is -2.23. The zero-order valence-electron chi connectivity index (χ0n) is 16.8. The van der Waals surface area contributed by atoms with Crippen LogP contribution in [0.15, 0.2) is 6.07 Å². The molecule has 0 spiro atoms. The predicted molar refractivity (Wildman–Crippen MR) is 98.1 cm³/mol. The SMILES string of the molecule is CCOC(=O)c1cc(C(C)(C)C)n(CCNC(=O)OC(C)(C)C)c1C. The quantitative estimate of drug-likeness (QED) is 0.819. The van der Waals surface area contributed by atoms with Crippen molar-refractivity contribution in [3.63, 3.8) is 0 Å². The molecule has 1 aromatic heterocycles. The smallest absolute Gasteiger partial charge is 0.407 e. The first-order valence-electron chi connectivity index (χ1n) is 8.71. The minimum Gasteiger partial charge on any atom is -0.462 e. The van der Waals surface area contributed by atoms with Crippen LogP contribution in [0.3, 0.4) is 0 Å². The van der Waals surface area contributed by atoms with Gasteiger partial charge >= 0.3 is 12.1 Å². The molecule has 1 rings (SSSR count). The molecule has 0 atom stereocenters. The van der Waals surface area contributed by atoms with Crippen molar-refractivity contribution in [3.8, 4) is 0 Å². The van der Waals surface area contributed by atoms with Gasteiger partial charge in [-0.15, -0.1) is 0 Å². The van der Waals surface area contributed by atoms with Crippen LogP contribution >= 0.6 is 0 Å². The normalized spacial score (nSPS) is 12.0. The molecule has 142 valence electrons. The first-order valence-corrected chi connectivity index (χ1v) is 8.71. The fourth-order valence-electron chi connectivity index (χ4n) is 2.55. The summed E-state index contributed by atoms with van der Waals surface area (Å²) in [7, 11) is 0. The summed E-state index contributed by atoms with van der Waals surface area (Å²) < 4.78 is 12.4. The number of esters is 1. The van der Waals surface area contributed by atoms with Crippen molar-refractivity contribution < 1.29 is 19.1 Å². The fourth-order valence-corrected chi connectivity index (χ4v) is 2.55. The molecule has 6 heteroatoms. The largest absolute Gasteiger partial charge is 0.462 e. The maximum Gasteiger partial charge on any atom is 0.407 e. The third-order valence-corrected chi connectivity index (χ3v) is 3.63. The zero-order valence-corrected chi connectivity index (χ0v) is 16.8. The molecule has 0 aromatic carbocycles. The Kier molecular flexibility index (Phi) is 6.68. The van der Waals surface area contributed by atoms with Crippen LogP contribution in [0, 0.1) is 6.92 Å². The van der Waals surface area contributed by atoms with Gasteiger partial charge in [-0.2, -0.15) is 0 Å². The Labute approximate surface area is 150 Å². The van der Waals surface area contributed by atoms with E-state index in [-0.39, 0.29) is 11.4 Å². The van der Waals surface area contributed by atoms with E-state index in [0.29, 0.717) is 25.3 Å². The van der Waals surface area contributed by atoms with Crippen LogP contribution in [0.1, 0.15) is 70.2 Å². The predicted octanol–water partition coefficient (Wildman–Crippen LogP) is 3.80. The highest BCUT2D eigenvalue weighted by Gasteiger charge is 2.25. The number of ether oxygens (including phenoxy) is 2. The van der Waals surface area contributed by atoms with Crippen molar-refractivity contribution in [2.75, 3.05) is 13.2 Å². The van der Waals surface area contributed by atoms with Crippen molar-refractivity contribution >= 4 is 12.1 Å². The van der Waals surface area contributed by atoms with Gasteiger partial charge in [0.05, 0.1) is 12.2 Å². The lowest BCUT2D eigenvalue weighted by atomic mass is 9.92. The highest BCUT2D eigenvalue weighted by molar-refractivity contribution is 5.91. The summed E-state index contributed by atoms with van der Waals surface area (Å²) in [6, 6.07) is 1.89. The lowest BCUT2D eigenvalue weighted by Crippen LogP contribution is -2.34. The lowest BCUT2D eigenvalue weighted by molar-refractivity contribution is 0.0512. The van der Waals surface area contributed by atoms with Gasteiger partial charge < -0.3 is 19.4 Å². The molecule has 0 saturated heterocycles. The second kappa shape index (κ2) is 7.93. The molecule has 25 heavy (non-hydrogen) atoms. The van der Waals surface area contributed by atoms with Crippen molar-refractivity contribution in [3.05, 3.63) is 23.0 Å². The van der Waals surface area contributed by atoms with Gasteiger partial charge in [0.15, 0.2) is 0 Å². The molecular weight excluding hydrogens is 320 g/mol. The molecule has 6 nitrogen and oxygen atoms in total. The van der Waals surface area contributed by atoms with Gasteiger partial charge in [-0.05, 0) is 40.7 Å². The minimum atomic E-state index is -0.527. The number of aromatic nitrogens is 1. The molecule has 1 N–H and O–H groups in total. The monoisotopic (exact) mass is 352 g/mol. The molecule has 0 fully saturated rings. The number of hydrogen-bond donors (Lipinski definition) is 1. The Morgan fingerprint density at radius 3 is 2.24 bits per heavy atom. The topological polar surface area (TPSA) is 69.6 Å². The van der Waals surface area contributed by atoms with Gasteiger partial charge in [0.25, 0.3) is 0 Å². The van der Waals surface area contributed by atoms with Crippen molar-refractivity contribution in [1.82, 2.24) is 9.88 Å². The summed E-state index contributed by atoms with van der Waals surface area (Å²) in [5.74, 6) is -0.315. The van der Waals surface area contributed by atoms with Crippen LogP contribution in [-0.2, 0) is 21.4 Å². The van der Waals surface area contributed by atoms with Crippen LogP contribution in [0.4, 0.5) is 4.79 Å². The van der Waals surface area contributed by atoms with Crippen molar-refractivity contribution in [1.29, 1.82) is 0 Å². The van der Waals surface area contributed by atoms with E-state index in [1.165, 1.54) is 0 Å². The van der Waals surface area contributed by atoms with Gasteiger partial charge in [-0.3, -0.25) is 0 Å². The number of nitrogens with one attached hydrogen (secondary N) is 1. The standard InChI is InChI=1S/C19H32N2O4/c1-9-24-16(22)14-12-15(18(3,4)5)21(13(14)2)11-10-20-17(23)25-19(6,7)8/h12H,9-11H2,1-8H3,(H,20,23). The average Bonchev–Trinajstić information content (AvgIpc) is 2.74. The van der Waals surface area contributed by atoms with Gasteiger partial charge in [0.2, 0.25) is 0 Å². The van der Waals surface area contributed by atoms with Crippen LogP contribution in [0.5, 0.6) is 0 Å². The molecule has 0 aliphatic heterocycles. The molecule has 0 aliphatic rings. The molecule has 1 heterocycles. The zero-order chi connectivity index (χ0) is 19.4. The van der Waals surface area contributed by atoms with E-state index in [2.05, 4.69) is 30.7 Å². The van der Waals surface area contributed by atoms with Crippen LogP contribution < -0.4 is 5.32 Å². The number of nitrogens with zero attached hydrogens (tertiary/aromatic N) is 1. The third-order valence-electron chi connectivity index (χ3n) is 3.63. The maximum absolute atomic E-state index is 12.2.